The van der Waals surface area contributed by atoms with Gasteiger partial charge < -0.3 is 0 Å². The van der Waals surface area contributed by atoms with Gasteiger partial charge in [-0.3, -0.25) is 15.1 Å². The second-order valence-electron chi connectivity index (χ2n) is 4.05. The zero-order valence-electron chi connectivity index (χ0n) is 9.63. The summed E-state index contributed by atoms with van der Waals surface area (Å²) < 4.78 is 0. The molecule has 1 aromatic carbocycles. The van der Waals surface area contributed by atoms with Crippen LogP contribution in [0.3, 0.4) is 0 Å². The summed E-state index contributed by atoms with van der Waals surface area (Å²) in [5.41, 5.74) is 4.21. The van der Waals surface area contributed by atoms with Gasteiger partial charge in [0, 0.05) is 0 Å². The topological polar surface area (TPSA) is 44.2 Å². The van der Waals surface area contributed by atoms with Crippen LogP contribution in [-0.4, -0.2) is 16.8 Å². The number of carbonyl (C=O) groups is 1. The summed E-state index contributed by atoms with van der Waals surface area (Å²) in [4.78, 5) is 13.2. The molecule has 1 aromatic rings. The number of amides is 1. The molecule has 0 aliphatic carbocycles. The van der Waals surface area contributed by atoms with Gasteiger partial charge in [0.25, 0.3) is 0 Å². The molecular weight excluding hydrogens is 220 g/mol. The first-order valence-corrected chi connectivity index (χ1v) is 6.11. The van der Waals surface area contributed by atoms with E-state index in [-0.39, 0.29) is 5.91 Å². The van der Waals surface area contributed by atoms with Gasteiger partial charge in [-0.1, -0.05) is 17.8 Å². The van der Waals surface area contributed by atoms with Gasteiger partial charge in [-0.15, -0.1) is 0 Å². The molecule has 2 rings (SSSR count). The van der Waals surface area contributed by atoms with Gasteiger partial charge in [0.2, 0.25) is 5.91 Å². The number of rotatable bonds is 1. The van der Waals surface area contributed by atoms with Crippen LogP contribution in [0, 0.1) is 26.2 Å². The molecule has 3 nitrogen and oxygen atoms in total. The lowest BCUT2D eigenvalue weighted by atomic mass is 10.0. The van der Waals surface area contributed by atoms with Crippen molar-refractivity contribution in [3.05, 3.63) is 28.8 Å². The van der Waals surface area contributed by atoms with Crippen LogP contribution in [0.2, 0.25) is 0 Å². The maximum Gasteiger partial charge on any atom is 0.243 e. The number of benzene rings is 1. The molecule has 84 valence electrons. The van der Waals surface area contributed by atoms with E-state index >= 15 is 0 Å². The quantitative estimate of drug-likeness (QED) is 0.811. The van der Waals surface area contributed by atoms with Crippen LogP contribution >= 0.6 is 11.8 Å². The largest absolute Gasteiger partial charge is 0.278 e. The maximum absolute atomic E-state index is 11.7. The van der Waals surface area contributed by atoms with E-state index in [1.54, 1.807) is 0 Å². The van der Waals surface area contributed by atoms with E-state index in [2.05, 4.69) is 6.07 Å². The van der Waals surface area contributed by atoms with Crippen molar-refractivity contribution in [3.8, 4) is 0 Å². The Kier molecular flexibility index (Phi) is 2.76. The van der Waals surface area contributed by atoms with E-state index in [4.69, 9.17) is 5.41 Å². The first-order chi connectivity index (χ1) is 7.50. The second-order valence-corrected chi connectivity index (χ2v) is 5.01. The van der Waals surface area contributed by atoms with Gasteiger partial charge in [0.05, 0.1) is 11.4 Å². The third-order valence-corrected chi connectivity index (χ3v) is 3.66. The zero-order valence-corrected chi connectivity index (χ0v) is 10.4. The Bertz CT molecular complexity index is 466. The highest BCUT2D eigenvalue weighted by atomic mass is 32.2. The molecule has 1 fully saturated rings. The molecule has 1 aliphatic heterocycles. The number of amidine groups is 1. The Labute approximate surface area is 99.3 Å². The smallest absolute Gasteiger partial charge is 0.243 e. The minimum absolute atomic E-state index is 0.00287. The van der Waals surface area contributed by atoms with Crippen molar-refractivity contribution in [2.75, 3.05) is 10.7 Å². The second kappa shape index (κ2) is 3.94. The van der Waals surface area contributed by atoms with E-state index in [0.29, 0.717) is 10.9 Å². The molecule has 1 aliphatic rings. The molecule has 0 atom stereocenters. The molecule has 0 bridgehead atoms. The normalized spacial score (nSPS) is 16.1. The third kappa shape index (κ3) is 1.73. The van der Waals surface area contributed by atoms with Gasteiger partial charge in [-0.2, -0.15) is 0 Å². The van der Waals surface area contributed by atoms with Crippen LogP contribution in [0.25, 0.3) is 0 Å². The van der Waals surface area contributed by atoms with E-state index in [0.717, 1.165) is 22.4 Å². The summed E-state index contributed by atoms with van der Waals surface area (Å²) in [5.74, 6) is 0.383. The van der Waals surface area contributed by atoms with Crippen molar-refractivity contribution in [3.63, 3.8) is 0 Å². The molecule has 0 aromatic heterocycles. The summed E-state index contributed by atoms with van der Waals surface area (Å²) >= 11 is 1.29. The average Bonchev–Trinajstić information content (AvgIpc) is 2.53. The van der Waals surface area contributed by atoms with Gasteiger partial charge in [0.15, 0.2) is 5.17 Å². The Morgan fingerprint density at radius 2 is 2.00 bits per heavy atom. The lowest BCUT2D eigenvalue weighted by Gasteiger charge is -2.19. The van der Waals surface area contributed by atoms with Crippen LogP contribution in [-0.2, 0) is 4.79 Å². The minimum Gasteiger partial charge on any atom is -0.278 e. The highest BCUT2D eigenvalue weighted by Gasteiger charge is 2.29. The molecule has 0 spiro atoms. The van der Waals surface area contributed by atoms with Crippen molar-refractivity contribution in [2.45, 2.75) is 20.8 Å². The maximum atomic E-state index is 11.7. The molecule has 1 N–H and O–H groups in total. The monoisotopic (exact) mass is 234 g/mol. The van der Waals surface area contributed by atoms with Crippen LogP contribution in [0.1, 0.15) is 16.7 Å². The van der Waals surface area contributed by atoms with Crippen LogP contribution in [0.4, 0.5) is 5.69 Å². The van der Waals surface area contributed by atoms with Gasteiger partial charge in [-0.25, -0.2) is 0 Å². The number of nitrogens with one attached hydrogen (secondary N) is 1. The molecule has 16 heavy (non-hydrogen) atoms. The Morgan fingerprint density at radius 3 is 2.56 bits per heavy atom. The van der Waals surface area contributed by atoms with Gasteiger partial charge in [0.1, 0.15) is 0 Å². The predicted octanol–water partition coefficient (Wildman–Crippen LogP) is 2.63. The summed E-state index contributed by atoms with van der Waals surface area (Å²) in [6, 6.07) is 4.07. The lowest BCUT2D eigenvalue weighted by molar-refractivity contribution is -0.115. The number of thioether (sulfide) groups is 1. The lowest BCUT2D eigenvalue weighted by Crippen LogP contribution is -2.29. The predicted molar refractivity (Wildman–Crippen MR) is 68.3 cm³/mol. The van der Waals surface area contributed by atoms with E-state index in [9.17, 15) is 4.79 Å². The number of carbonyl (C=O) groups excluding carboxylic acids is 1. The number of nitrogens with zero attached hydrogens (tertiary/aromatic N) is 1. The fourth-order valence-corrected chi connectivity index (χ4v) is 2.58. The van der Waals surface area contributed by atoms with Crippen molar-refractivity contribution in [2.24, 2.45) is 0 Å². The van der Waals surface area contributed by atoms with Crippen molar-refractivity contribution < 1.29 is 4.79 Å². The Balaban J connectivity index is 2.55. The summed E-state index contributed by atoms with van der Waals surface area (Å²) in [6.45, 7) is 6.03. The third-order valence-electron chi connectivity index (χ3n) is 2.81. The van der Waals surface area contributed by atoms with E-state index in [1.807, 2.05) is 26.8 Å². The minimum atomic E-state index is 0.00287. The molecule has 1 amide bonds. The highest BCUT2D eigenvalue weighted by Crippen LogP contribution is 2.30. The number of aryl methyl sites for hydroxylation is 2. The van der Waals surface area contributed by atoms with Crippen molar-refractivity contribution in [1.29, 1.82) is 5.41 Å². The first kappa shape index (κ1) is 11.2. The fourth-order valence-electron chi connectivity index (χ4n) is 1.87. The molecule has 4 heteroatoms. The summed E-state index contributed by atoms with van der Waals surface area (Å²) in [6.07, 6.45) is 0. The standard InChI is InChI=1S/C12H14N2OS/c1-7-4-8(2)9(3)10(5-7)14-11(15)6-16-12(14)13/h4-5,13H,6H2,1-3H3. The van der Waals surface area contributed by atoms with Crippen LogP contribution in [0.5, 0.6) is 0 Å². The molecule has 0 unspecified atom stereocenters. The number of hydrogen-bond acceptors (Lipinski definition) is 3. The van der Waals surface area contributed by atoms with Crippen molar-refractivity contribution >= 4 is 28.5 Å². The Morgan fingerprint density at radius 1 is 1.31 bits per heavy atom. The van der Waals surface area contributed by atoms with E-state index < -0.39 is 0 Å². The van der Waals surface area contributed by atoms with Crippen molar-refractivity contribution in [1.82, 2.24) is 0 Å². The number of hydrogen-bond donors (Lipinski definition) is 1. The molecule has 1 saturated heterocycles. The van der Waals surface area contributed by atoms with Gasteiger partial charge in [-0.05, 0) is 43.5 Å². The molecule has 0 radical (unpaired) electrons. The molecule has 1 heterocycles. The van der Waals surface area contributed by atoms with Crippen LogP contribution in [0.15, 0.2) is 12.1 Å². The molecular formula is C12H14N2OS. The summed E-state index contributed by atoms with van der Waals surface area (Å²) in [5, 5.41) is 8.11. The first-order valence-electron chi connectivity index (χ1n) is 5.13. The number of anilines is 1. The summed E-state index contributed by atoms with van der Waals surface area (Å²) in [7, 11) is 0. The van der Waals surface area contributed by atoms with Gasteiger partial charge >= 0.3 is 0 Å². The zero-order chi connectivity index (χ0) is 11.9. The highest BCUT2D eigenvalue weighted by molar-refractivity contribution is 8.15. The average molecular weight is 234 g/mol. The Hall–Kier alpha value is -1.29. The van der Waals surface area contributed by atoms with E-state index in [1.165, 1.54) is 16.7 Å². The fraction of sp³-hybridized carbons (Fsp3) is 0.333. The SMILES string of the molecule is Cc1cc(C)c(C)c(N2C(=N)SCC2=O)c1. The van der Waals surface area contributed by atoms with Crippen LogP contribution < -0.4 is 4.90 Å². The molecule has 0 saturated carbocycles.